The average Bonchev–Trinajstić information content (AvgIpc) is 3.65. The summed E-state index contributed by atoms with van der Waals surface area (Å²) in [5.74, 6) is 2.97. The molecule has 0 amide bonds. The topological polar surface area (TPSA) is 0 Å². The summed E-state index contributed by atoms with van der Waals surface area (Å²) in [6.07, 6.45) is 10.6. The molecule has 3 aromatic rings. The summed E-state index contributed by atoms with van der Waals surface area (Å²) >= 11 is 2.20. The molecule has 0 saturated heterocycles. The third-order valence-electron chi connectivity index (χ3n) is 11.4. The molecule has 3 aromatic carbocycles. The monoisotopic (exact) mass is 568 g/mol. The van der Waals surface area contributed by atoms with Crippen LogP contribution in [0.3, 0.4) is 0 Å². The molecule has 0 aromatic heterocycles. The van der Waals surface area contributed by atoms with Crippen LogP contribution in [0.5, 0.6) is 0 Å². The van der Waals surface area contributed by atoms with Gasteiger partial charge in [-0.3, -0.25) is 0 Å². The molecule has 0 N–H and O–H groups in total. The Balaban J connectivity index is 1.35. The molecule has 4 aliphatic rings. The lowest BCUT2D eigenvalue weighted by molar-refractivity contribution is 0.464. The summed E-state index contributed by atoms with van der Waals surface area (Å²) in [6, 6.07) is 21.8. The van der Waals surface area contributed by atoms with E-state index in [-0.39, 0.29) is 5.41 Å². The van der Waals surface area contributed by atoms with Crippen molar-refractivity contribution in [1.29, 1.82) is 0 Å². The zero-order valence-electron chi connectivity index (χ0n) is 25.9. The third-order valence-corrected chi connectivity index (χ3v) is 17.2. The second-order valence-electron chi connectivity index (χ2n) is 15.1. The molecular formula is C38H48S2. The van der Waals surface area contributed by atoms with Crippen molar-refractivity contribution in [2.75, 3.05) is 12.5 Å². The summed E-state index contributed by atoms with van der Waals surface area (Å²) < 4.78 is 0. The van der Waals surface area contributed by atoms with Crippen molar-refractivity contribution in [3.8, 4) is 11.1 Å². The van der Waals surface area contributed by atoms with Crippen LogP contribution < -0.4 is 0 Å². The first-order chi connectivity index (χ1) is 19.0. The van der Waals surface area contributed by atoms with Crippen LogP contribution in [0.15, 0.2) is 59.5 Å². The Bertz CT molecular complexity index is 1460. The summed E-state index contributed by atoms with van der Waals surface area (Å²) in [5, 5.41) is 2.22. The molecular weight excluding hydrogens is 521 g/mol. The molecule has 40 heavy (non-hydrogen) atoms. The van der Waals surface area contributed by atoms with Gasteiger partial charge in [0.1, 0.15) is 0 Å². The predicted molar refractivity (Wildman–Crippen MR) is 179 cm³/mol. The highest BCUT2D eigenvalue weighted by Crippen LogP contribution is 2.74. The van der Waals surface area contributed by atoms with Crippen LogP contribution in [0, 0.1) is 17.8 Å². The largest absolute Gasteiger partial charge is 0.236 e. The second-order valence-corrected chi connectivity index (χ2v) is 20.3. The Morgan fingerprint density at radius 1 is 0.825 bits per heavy atom. The standard InChI is InChI=1S/C38H48S2/c1-22-20-30-31(21-26-12-11-14-28(26)33(30)25-16-18-27(19-17-25)38(4,5)6)36(22)40(7,8)37-24(3)23(2)35-34(37)29-13-9-10-15-32(29)39-35/h9-10,13,15-19,21-24,34-37H,11-12,14,20H2,1-8H3. The lowest BCUT2D eigenvalue weighted by atomic mass is 9.84. The quantitative estimate of drug-likeness (QED) is 0.303. The summed E-state index contributed by atoms with van der Waals surface area (Å²) in [7, 11) is -0.936. The molecule has 0 radical (unpaired) electrons. The number of thioether (sulfide) groups is 1. The van der Waals surface area contributed by atoms with Crippen LogP contribution in [0.4, 0.5) is 0 Å². The molecule has 212 valence electrons. The molecule has 1 heterocycles. The highest BCUT2D eigenvalue weighted by molar-refractivity contribution is 8.33. The molecule has 1 aliphatic heterocycles. The average molecular weight is 569 g/mol. The molecule has 7 atom stereocenters. The van der Waals surface area contributed by atoms with E-state index in [0.29, 0.717) is 17.1 Å². The SMILES string of the molecule is CC1Cc2c(cc3c(c2-c2ccc(C(C)(C)C)cc2)CCC3)C1S(C)(C)C1C(C)C(C)C2Sc3ccccc3C21. The molecule has 1 fully saturated rings. The van der Waals surface area contributed by atoms with Crippen molar-refractivity contribution in [1.82, 2.24) is 0 Å². The van der Waals surface area contributed by atoms with Gasteiger partial charge in [0, 0.05) is 21.3 Å². The normalized spacial score (nSPS) is 31.1. The third kappa shape index (κ3) is 3.94. The van der Waals surface area contributed by atoms with Crippen molar-refractivity contribution in [2.24, 2.45) is 17.8 Å². The molecule has 7 unspecified atom stereocenters. The lowest BCUT2D eigenvalue weighted by Gasteiger charge is -2.50. The number of fused-ring (bicyclic) bond motifs is 5. The Hall–Kier alpha value is -1.64. The van der Waals surface area contributed by atoms with Crippen molar-refractivity contribution >= 4 is 21.8 Å². The summed E-state index contributed by atoms with van der Waals surface area (Å²) in [4.78, 5) is 1.56. The number of hydrogen-bond acceptors (Lipinski definition) is 1. The van der Waals surface area contributed by atoms with Gasteiger partial charge in [0.15, 0.2) is 0 Å². The fourth-order valence-corrected chi connectivity index (χ4v) is 16.3. The fraction of sp³-hybridized carbons (Fsp3) is 0.526. The molecule has 0 spiro atoms. The van der Waals surface area contributed by atoms with Crippen LogP contribution >= 0.6 is 21.8 Å². The van der Waals surface area contributed by atoms with Gasteiger partial charge in [-0.25, -0.2) is 10.0 Å². The van der Waals surface area contributed by atoms with Crippen molar-refractivity contribution in [3.05, 3.63) is 88.0 Å². The maximum absolute atomic E-state index is 2.75. The molecule has 0 nitrogen and oxygen atoms in total. The van der Waals surface area contributed by atoms with Crippen LogP contribution in [0.2, 0.25) is 0 Å². The van der Waals surface area contributed by atoms with E-state index in [0.717, 1.165) is 22.3 Å². The van der Waals surface area contributed by atoms with Crippen molar-refractivity contribution < 1.29 is 0 Å². The van der Waals surface area contributed by atoms with Gasteiger partial charge in [0.2, 0.25) is 0 Å². The van der Waals surface area contributed by atoms with Crippen molar-refractivity contribution in [3.63, 3.8) is 0 Å². The minimum Gasteiger partial charge on any atom is -0.236 e. The minimum atomic E-state index is -0.936. The number of rotatable bonds is 3. The van der Waals surface area contributed by atoms with Gasteiger partial charge in [0.25, 0.3) is 0 Å². The van der Waals surface area contributed by atoms with Gasteiger partial charge in [-0.05, 0) is 117 Å². The van der Waals surface area contributed by atoms with Gasteiger partial charge in [-0.2, -0.15) is 0 Å². The molecule has 3 aliphatic carbocycles. The smallest absolute Gasteiger partial charge is 0.0202 e. The highest BCUT2D eigenvalue weighted by atomic mass is 32.3. The van der Waals surface area contributed by atoms with Gasteiger partial charge < -0.3 is 0 Å². The highest BCUT2D eigenvalue weighted by Gasteiger charge is 2.57. The van der Waals surface area contributed by atoms with E-state index in [1.807, 2.05) is 0 Å². The summed E-state index contributed by atoms with van der Waals surface area (Å²) in [5.41, 5.74) is 13.2. The lowest BCUT2D eigenvalue weighted by Crippen LogP contribution is -2.31. The van der Waals surface area contributed by atoms with E-state index in [4.69, 9.17) is 0 Å². The number of benzene rings is 3. The first-order valence-electron chi connectivity index (χ1n) is 15.7. The van der Waals surface area contributed by atoms with Crippen molar-refractivity contribution in [2.45, 2.75) is 99.2 Å². The van der Waals surface area contributed by atoms with Crippen LogP contribution in [-0.4, -0.2) is 23.0 Å². The van der Waals surface area contributed by atoms with Crippen LogP contribution in [0.1, 0.15) is 92.5 Å². The van der Waals surface area contributed by atoms with Gasteiger partial charge in [0.05, 0.1) is 0 Å². The Labute approximate surface area is 249 Å². The van der Waals surface area contributed by atoms with E-state index >= 15 is 0 Å². The Kier molecular flexibility index (Phi) is 6.42. The van der Waals surface area contributed by atoms with Gasteiger partial charge in [-0.15, -0.1) is 11.8 Å². The first-order valence-corrected chi connectivity index (χ1v) is 19.2. The minimum absolute atomic E-state index is 0.191. The van der Waals surface area contributed by atoms with E-state index in [9.17, 15) is 0 Å². The first kappa shape index (κ1) is 27.2. The Morgan fingerprint density at radius 3 is 2.27 bits per heavy atom. The molecule has 2 heteroatoms. The van der Waals surface area contributed by atoms with Crippen LogP contribution in [0.25, 0.3) is 11.1 Å². The number of aryl methyl sites for hydroxylation is 1. The van der Waals surface area contributed by atoms with Gasteiger partial charge in [-0.1, -0.05) is 90.1 Å². The zero-order chi connectivity index (χ0) is 28.1. The van der Waals surface area contributed by atoms with E-state index in [1.54, 1.807) is 38.3 Å². The molecule has 0 bridgehead atoms. The van der Waals surface area contributed by atoms with E-state index in [2.05, 4.69) is 120 Å². The number of hydrogen-bond donors (Lipinski definition) is 0. The maximum Gasteiger partial charge on any atom is 0.0202 e. The molecule has 7 rings (SSSR count). The van der Waals surface area contributed by atoms with Crippen LogP contribution in [-0.2, 0) is 24.7 Å². The van der Waals surface area contributed by atoms with E-state index in [1.165, 1.54) is 36.8 Å². The fourth-order valence-electron chi connectivity index (χ4n) is 9.52. The van der Waals surface area contributed by atoms with Gasteiger partial charge >= 0.3 is 0 Å². The second kappa shape index (κ2) is 9.43. The molecule has 1 saturated carbocycles. The Morgan fingerprint density at radius 2 is 1.55 bits per heavy atom. The maximum atomic E-state index is 2.75. The summed E-state index contributed by atoms with van der Waals surface area (Å²) in [6.45, 7) is 14.7. The predicted octanol–water partition coefficient (Wildman–Crippen LogP) is 10.3. The zero-order valence-corrected chi connectivity index (χ0v) is 27.5. The van der Waals surface area contributed by atoms with E-state index < -0.39 is 10.0 Å².